The van der Waals surface area contributed by atoms with Crippen LogP contribution in [0, 0.1) is 0 Å². The molecule has 0 spiro atoms. The first-order chi connectivity index (χ1) is 37.3. The van der Waals surface area contributed by atoms with Crippen molar-refractivity contribution < 1.29 is 37.2 Å². The first kappa shape index (κ1) is 41.6. The number of ether oxygens (including phenoxy) is 4. The predicted molar refractivity (Wildman–Crippen MR) is 294 cm³/mol. The van der Waals surface area contributed by atoms with Gasteiger partial charge in [0.25, 0.3) is 13.4 Å². The molecule has 0 radical (unpaired) electrons. The molecule has 0 saturated heterocycles. The molecule has 0 amide bonds. The molecule has 17 rings (SSSR count). The van der Waals surface area contributed by atoms with Crippen LogP contribution in [0.2, 0.25) is 0 Å². The zero-order valence-corrected chi connectivity index (χ0v) is 41.8. The minimum Gasteiger partial charge on any atom is -0.454 e. The van der Waals surface area contributed by atoms with Crippen molar-refractivity contribution in [3.8, 4) is 68.7 Å². The van der Waals surface area contributed by atoms with Crippen molar-refractivity contribution in [2.24, 2.45) is 28.2 Å². The molecule has 0 atom stereocenters. The van der Waals surface area contributed by atoms with Crippen LogP contribution in [0.25, 0.3) is 66.9 Å². The third kappa shape index (κ3) is 5.59. The average molecular weight is 987 g/mol. The average Bonchev–Trinajstić information content (AvgIpc) is 4.34. The Labute approximate surface area is 436 Å². The van der Waals surface area contributed by atoms with Crippen LogP contribution in [-0.4, -0.2) is 31.7 Å². The number of benzene rings is 9. The van der Waals surface area contributed by atoms with Gasteiger partial charge < -0.3 is 18.9 Å². The van der Waals surface area contributed by atoms with E-state index in [4.69, 9.17) is 18.9 Å². The molecule has 76 heavy (non-hydrogen) atoms. The van der Waals surface area contributed by atoms with Crippen LogP contribution in [0.15, 0.2) is 195 Å². The third-order valence-electron chi connectivity index (χ3n) is 16.4. The molecule has 4 aromatic heterocycles. The van der Waals surface area contributed by atoms with Gasteiger partial charge in [-0.1, -0.05) is 48.5 Å². The fourth-order valence-electron chi connectivity index (χ4n) is 12.9. The number of aryl methyl sites for hydroxylation is 4. The molecule has 0 aliphatic carbocycles. The summed E-state index contributed by atoms with van der Waals surface area (Å²) < 4.78 is 47.1. The lowest BCUT2D eigenvalue weighted by atomic mass is 9.32. The van der Waals surface area contributed by atoms with Crippen molar-refractivity contribution in [3.05, 3.63) is 195 Å². The van der Waals surface area contributed by atoms with Crippen molar-refractivity contribution in [2.45, 2.75) is 0 Å². The van der Waals surface area contributed by atoms with E-state index in [-0.39, 0.29) is 13.4 Å². The summed E-state index contributed by atoms with van der Waals surface area (Å²) in [6, 6.07) is 60.2. The molecular formula is C62H44B2N8O4+4. The van der Waals surface area contributed by atoms with E-state index in [1.807, 2.05) is 0 Å². The molecule has 0 saturated carbocycles. The molecule has 12 nitrogen and oxygen atoms in total. The first-order valence-electron chi connectivity index (χ1n) is 25.7. The highest BCUT2D eigenvalue weighted by atomic mass is 16.5. The number of fused-ring (bicyclic) bond motifs is 14. The number of aromatic nitrogens is 8. The van der Waals surface area contributed by atoms with Crippen LogP contribution in [0.3, 0.4) is 0 Å². The van der Waals surface area contributed by atoms with E-state index in [0.29, 0.717) is 23.0 Å². The second-order valence-corrected chi connectivity index (χ2v) is 20.6. The summed E-state index contributed by atoms with van der Waals surface area (Å²) in [4.78, 5) is 0. The molecular weight excluding hydrogens is 942 g/mol. The van der Waals surface area contributed by atoms with Crippen LogP contribution in [0.5, 0.6) is 46.0 Å². The number of rotatable bonds is 4. The van der Waals surface area contributed by atoms with Gasteiger partial charge >= 0.3 is 0 Å². The van der Waals surface area contributed by atoms with Gasteiger partial charge in [-0.15, -0.1) is 0 Å². The summed E-state index contributed by atoms with van der Waals surface area (Å²) in [5, 5.41) is 0. The standard InChI is InChI=1S/C62H44B2N8O4/c1-65-33-69(49-17-9-5-13-45(49)65)37-21-25-53-41(29-37)63-42-30-38(70-34-66(2)46-14-6-10-18-50(46)70)22-26-54(42)74-60-57(63)59(73-53)61-58-62(60)76-56-28-24-40(72-36-68(4)48-16-8-12-20-52(48)72)32-44(56)64(58)43-31-39(23-27-55(43)75-61)71-35-67(3)47-15-7-11-19-51(47)71/h5-36H,1-4H3/q+4. The first-order valence-corrected chi connectivity index (χ1v) is 25.7. The normalized spacial score (nSPS) is 13.4. The van der Waals surface area contributed by atoms with Crippen molar-refractivity contribution >= 4 is 90.3 Å². The molecule has 0 unspecified atom stereocenters. The molecule has 4 aliphatic rings. The van der Waals surface area contributed by atoms with E-state index < -0.39 is 0 Å². The third-order valence-corrected chi connectivity index (χ3v) is 16.4. The highest BCUT2D eigenvalue weighted by Gasteiger charge is 2.51. The maximum Gasteiger partial charge on any atom is 0.261 e. The summed E-state index contributed by atoms with van der Waals surface area (Å²) in [5.74, 6) is 5.50. The Hall–Kier alpha value is -9.81. The van der Waals surface area contributed by atoms with Crippen LogP contribution in [0.4, 0.5) is 0 Å². The Bertz CT molecular complexity index is 4170. The lowest BCUT2D eigenvalue weighted by Gasteiger charge is -2.40. The van der Waals surface area contributed by atoms with Gasteiger partial charge in [-0.25, -0.2) is 18.3 Å². The fourth-order valence-corrected chi connectivity index (χ4v) is 12.9. The summed E-state index contributed by atoms with van der Waals surface area (Å²) in [5.41, 5.74) is 18.9. The van der Waals surface area contributed by atoms with Gasteiger partial charge in [0.2, 0.25) is 25.3 Å². The fraction of sp³-hybridized carbons (Fsp3) is 0.0645. The Morgan fingerprint density at radius 2 is 0.539 bits per heavy atom. The number of nitrogens with zero attached hydrogens (tertiary/aromatic N) is 8. The molecule has 14 heteroatoms. The van der Waals surface area contributed by atoms with E-state index in [1.165, 1.54) is 0 Å². The summed E-state index contributed by atoms with van der Waals surface area (Å²) in [7, 11) is 8.37. The molecule has 13 aromatic rings. The van der Waals surface area contributed by atoms with E-state index >= 15 is 0 Å². The second kappa shape index (κ2) is 14.9. The van der Waals surface area contributed by atoms with Gasteiger partial charge in [0, 0.05) is 10.9 Å². The second-order valence-electron chi connectivity index (χ2n) is 20.6. The van der Waals surface area contributed by atoms with Gasteiger partial charge in [0.05, 0.1) is 28.2 Å². The van der Waals surface area contributed by atoms with E-state index in [1.54, 1.807) is 0 Å². The molecule has 358 valence electrons. The van der Waals surface area contributed by atoms with Gasteiger partial charge in [0.1, 0.15) is 45.7 Å². The lowest BCUT2D eigenvalue weighted by Crippen LogP contribution is -2.61. The van der Waals surface area contributed by atoms with Crippen LogP contribution < -0.4 is 70.0 Å². The SMILES string of the molecule is C[n+]1cn(-c2ccc3c(c2)B2c4cc(-n5c[n+](C)c6ccccc65)ccc4Oc4c5c6c(c(c42)O3)Oc2ccc(-n3c[n+](C)c4ccccc43)cc2B6c2cc(-n3c[n+](C)c4ccccc43)ccc2O5)c2ccccc21. The Morgan fingerprint density at radius 1 is 0.303 bits per heavy atom. The lowest BCUT2D eigenvalue weighted by molar-refractivity contribution is -0.645. The van der Waals surface area contributed by atoms with Crippen LogP contribution in [0.1, 0.15) is 0 Å². The predicted octanol–water partition coefficient (Wildman–Crippen LogP) is 6.22. The quantitative estimate of drug-likeness (QED) is 0.155. The van der Waals surface area contributed by atoms with E-state index in [0.717, 1.165) is 123 Å². The summed E-state index contributed by atoms with van der Waals surface area (Å²) in [6.07, 6.45) is 8.59. The highest BCUT2D eigenvalue weighted by molar-refractivity contribution is 7.00. The number of imidazole rings is 4. The summed E-state index contributed by atoms with van der Waals surface area (Å²) >= 11 is 0. The van der Waals surface area contributed by atoms with Crippen molar-refractivity contribution in [3.63, 3.8) is 0 Å². The largest absolute Gasteiger partial charge is 0.454 e. The van der Waals surface area contributed by atoms with Crippen molar-refractivity contribution in [1.29, 1.82) is 0 Å². The zero-order valence-electron chi connectivity index (χ0n) is 41.8. The molecule has 4 aliphatic heterocycles. The van der Waals surface area contributed by atoms with Crippen LogP contribution in [-0.2, 0) is 28.2 Å². The Morgan fingerprint density at radius 3 is 0.789 bits per heavy atom. The topological polar surface area (TPSA) is 72.2 Å². The van der Waals surface area contributed by atoms with Gasteiger partial charge in [-0.3, -0.25) is 0 Å². The summed E-state index contributed by atoms with van der Waals surface area (Å²) in [6.45, 7) is -0.678. The minimum absolute atomic E-state index is 0.339. The van der Waals surface area contributed by atoms with Crippen molar-refractivity contribution in [1.82, 2.24) is 18.3 Å². The smallest absolute Gasteiger partial charge is 0.261 e. The molecule has 8 heterocycles. The molecule has 9 aromatic carbocycles. The van der Waals surface area contributed by atoms with E-state index in [9.17, 15) is 0 Å². The number of hydrogen-bond acceptors (Lipinski definition) is 4. The van der Waals surface area contributed by atoms with Gasteiger partial charge in [-0.05, 0) is 143 Å². The number of hydrogen-bond donors (Lipinski definition) is 0. The van der Waals surface area contributed by atoms with E-state index in [2.05, 4.69) is 260 Å². The minimum atomic E-state index is -0.339. The molecule has 0 N–H and O–H groups in total. The van der Waals surface area contributed by atoms with Crippen molar-refractivity contribution in [2.75, 3.05) is 0 Å². The zero-order chi connectivity index (χ0) is 50.2. The highest BCUT2D eigenvalue weighted by Crippen LogP contribution is 2.50. The number of para-hydroxylation sites is 8. The Kier molecular flexibility index (Phi) is 8.17. The Balaban J connectivity index is 0.917. The monoisotopic (exact) mass is 986 g/mol. The molecule has 0 bridgehead atoms. The van der Waals surface area contributed by atoms with Crippen LogP contribution >= 0.6 is 0 Å². The maximum atomic E-state index is 7.36. The van der Waals surface area contributed by atoms with Gasteiger partial charge in [0.15, 0.2) is 67.1 Å². The maximum absolute atomic E-state index is 7.36. The molecule has 0 fully saturated rings. The van der Waals surface area contributed by atoms with Gasteiger partial charge in [-0.2, -0.15) is 18.3 Å².